The van der Waals surface area contributed by atoms with Crippen molar-refractivity contribution < 1.29 is 14.3 Å². The van der Waals surface area contributed by atoms with Crippen LogP contribution in [0.15, 0.2) is 24.3 Å². The second-order valence-corrected chi connectivity index (χ2v) is 7.68. The van der Waals surface area contributed by atoms with Crippen molar-refractivity contribution in [1.82, 2.24) is 4.90 Å². The van der Waals surface area contributed by atoms with Crippen LogP contribution in [-0.4, -0.2) is 48.6 Å². The molecule has 2 atom stereocenters. The van der Waals surface area contributed by atoms with Crippen LogP contribution in [0.4, 0.5) is 5.69 Å². The van der Waals surface area contributed by atoms with Gasteiger partial charge in [0.15, 0.2) is 0 Å². The highest BCUT2D eigenvalue weighted by molar-refractivity contribution is 5.98. The van der Waals surface area contributed by atoms with Crippen molar-refractivity contribution in [2.24, 2.45) is 11.1 Å². The lowest BCUT2D eigenvalue weighted by atomic mass is 9.79. The Morgan fingerprint density at radius 3 is 2.80 bits per heavy atom. The maximum atomic E-state index is 12.8. The lowest BCUT2D eigenvalue weighted by Crippen LogP contribution is -2.54. The highest BCUT2D eigenvalue weighted by Crippen LogP contribution is 2.29. The van der Waals surface area contributed by atoms with Gasteiger partial charge in [-0.25, -0.2) is 0 Å². The smallest absolute Gasteiger partial charge is 0.253 e. The number of amides is 2. The van der Waals surface area contributed by atoms with Gasteiger partial charge < -0.3 is 20.7 Å². The number of likely N-dealkylation sites (tertiary alicyclic amines) is 1. The van der Waals surface area contributed by atoms with E-state index in [-0.39, 0.29) is 29.4 Å². The molecule has 3 N–H and O–H groups in total. The molecule has 6 nitrogen and oxygen atoms in total. The summed E-state index contributed by atoms with van der Waals surface area (Å²) < 4.78 is 5.39. The standard InChI is InChI=1S/C19H27N3O3/c1-19(2)12-22(9-8-16(19)20)18(24)13-5-3-6-14(11-13)21-17(23)15-7-4-10-25-15/h3,5-6,11,15-16H,4,7-10,12,20H2,1-2H3,(H,21,23). The fraction of sp³-hybridized carbons (Fsp3) is 0.579. The number of nitrogens with zero attached hydrogens (tertiary/aromatic N) is 1. The van der Waals surface area contributed by atoms with Crippen molar-refractivity contribution in [1.29, 1.82) is 0 Å². The van der Waals surface area contributed by atoms with Gasteiger partial charge >= 0.3 is 0 Å². The zero-order chi connectivity index (χ0) is 18.0. The molecule has 2 heterocycles. The van der Waals surface area contributed by atoms with Gasteiger partial charge in [0.25, 0.3) is 11.8 Å². The Morgan fingerprint density at radius 1 is 1.32 bits per heavy atom. The summed E-state index contributed by atoms with van der Waals surface area (Å²) in [4.78, 5) is 26.9. The molecule has 2 unspecified atom stereocenters. The van der Waals surface area contributed by atoms with Crippen molar-refractivity contribution in [2.45, 2.75) is 45.3 Å². The molecule has 0 spiro atoms. The Bertz CT molecular complexity index is 653. The van der Waals surface area contributed by atoms with Crippen molar-refractivity contribution in [2.75, 3.05) is 25.0 Å². The van der Waals surface area contributed by atoms with Crippen molar-refractivity contribution in [3.05, 3.63) is 29.8 Å². The Balaban J connectivity index is 1.68. The van der Waals surface area contributed by atoms with Crippen LogP contribution in [0.1, 0.15) is 43.5 Å². The summed E-state index contributed by atoms with van der Waals surface area (Å²) in [6.07, 6.45) is 2.06. The van der Waals surface area contributed by atoms with E-state index in [1.54, 1.807) is 24.3 Å². The molecule has 136 valence electrons. The third-order valence-corrected chi connectivity index (χ3v) is 5.20. The quantitative estimate of drug-likeness (QED) is 0.877. The number of benzene rings is 1. The highest BCUT2D eigenvalue weighted by atomic mass is 16.5. The van der Waals surface area contributed by atoms with Crippen LogP contribution in [0.25, 0.3) is 0 Å². The predicted octanol–water partition coefficient (Wildman–Crippen LogP) is 2.00. The van der Waals surface area contributed by atoms with Crippen LogP contribution in [0.2, 0.25) is 0 Å². The van der Waals surface area contributed by atoms with Gasteiger partial charge in [-0.3, -0.25) is 9.59 Å². The molecule has 1 aromatic carbocycles. The van der Waals surface area contributed by atoms with Gasteiger partial charge in [0.05, 0.1) is 0 Å². The van der Waals surface area contributed by atoms with Gasteiger partial charge in [0.2, 0.25) is 0 Å². The molecular formula is C19H27N3O3. The van der Waals surface area contributed by atoms with Crippen molar-refractivity contribution in [3.8, 4) is 0 Å². The van der Waals surface area contributed by atoms with Crippen LogP contribution in [0.5, 0.6) is 0 Å². The number of carbonyl (C=O) groups is 2. The van der Waals surface area contributed by atoms with Crippen LogP contribution < -0.4 is 11.1 Å². The molecule has 0 aliphatic carbocycles. The number of nitrogens with two attached hydrogens (primary N) is 1. The van der Waals surface area contributed by atoms with Crippen molar-refractivity contribution in [3.63, 3.8) is 0 Å². The fourth-order valence-electron chi connectivity index (χ4n) is 3.47. The molecule has 6 heteroatoms. The minimum Gasteiger partial charge on any atom is -0.368 e. The molecule has 25 heavy (non-hydrogen) atoms. The molecule has 2 amide bonds. The second kappa shape index (κ2) is 7.14. The molecule has 0 aromatic heterocycles. The number of hydrogen-bond donors (Lipinski definition) is 2. The summed E-state index contributed by atoms with van der Waals surface area (Å²) >= 11 is 0. The van der Waals surface area contributed by atoms with Gasteiger partial charge in [0.1, 0.15) is 6.10 Å². The Labute approximate surface area is 148 Å². The van der Waals surface area contributed by atoms with E-state index in [4.69, 9.17) is 10.5 Å². The molecule has 1 aromatic rings. The summed E-state index contributed by atoms with van der Waals surface area (Å²) in [5.41, 5.74) is 7.26. The lowest BCUT2D eigenvalue weighted by Gasteiger charge is -2.42. The maximum Gasteiger partial charge on any atom is 0.253 e. The molecule has 2 aliphatic heterocycles. The SMILES string of the molecule is CC1(C)CN(C(=O)c2cccc(NC(=O)C3CCCO3)c2)CCC1N. The number of anilines is 1. The highest BCUT2D eigenvalue weighted by Gasteiger charge is 2.35. The van der Waals surface area contributed by atoms with Gasteiger partial charge in [-0.05, 0) is 42.9 Å². The molecule has 3 rings (SSSR count). The Kier molecular flexibility index (Phi) is 5.11. The maximum absolute atomic E-state index is 12.8. The van der Waals surface area contributed by atoms with Gasteiger partial charge in [0, 0.05) is 37.0 Å². The van der Waals surface area contributed by atoms with E-state index in [2.05, 4.69) is 19.2 Å². The Hall–Kier alpha value is -1.92. The molecule has 2 fully saturated rings. The normalized spacial score (nSPS) is 25.6. The monoisotopic (exact) mass is 345 g/mol. The largest absolute Gasteiger partial charge is 0.368 e. The van der Waals surface area contributed by atoms with Crippen LogP contribution in [0.3, 0.4) is 0 Å². The summed E-state index contributed by atoms with van der Waals surface area (Å²) in [7, 11) is 0. The predicted molar refractivity (Wildman–Crippen MR) is 96.3 cm³/mol. The van der Waals surface area contributed by atoms with Crippen LogP contribution in [0, 0.1) is 5.41 Å². The van der Waals surface area contributed by atoms with Gasteiger partial charge in [-0.15, -0.1) is 0 Å². The average Bonchev–Trinajstić information content (AvgIpc) is 3.11. The zero-order valence-electron chi connectivity index (χ0n) is 15.0. The number of rotatable bonds is 3. The number of nitrogens with one attached hydrogen (secondary N) is 1. The van der Waals surface area contributed by atoms with E-state index in [0.29, 0.717) is 30.9 Å². The first-order valence-electron chi connectivity index (χ1n) is 8.94. The summed E-state index contributed by atoms with van der Waals surface area (Å²) in [5.74, 6) is -0.166. The van der Waals surface area contributed by atoms with Gasteiger partial charge in [-0.2, -0.15) is 0 Å². The first kappa shape index (κ1) is 17.9. The number of piperidine rings is 1. The van der Waals surface area contributed by atoms with E-state index in [9.17, 15) is 9.59 Å². The molecule has 0 bridgehead atoms. The molecule has 2 aliphatic rings. The lowest BCUT2D eigenvalue weighted by molar-refractivity contribution is -0.124. The van der Waals surface area contributed by atoms with E-state index in [1.165, 1.54) is 0 Å². The molecule has 0 radical (unpaired) electrons. The van der Waals surface area contributed by atoms with E-state index < -0.39 is 0 Å². The van der Waals surface area contributed by atoms with Crippen LogP contribution in [-0.2, 0) is 9.53 Å². The molecule has 0 saturated carbocycles. The van der Waals surface area contributed by atoms with Gasteiger partial charge in [-0.1, -0.05) is 19.9 Å². The average molecular weight is 345 g/mol. The van der Waals surface area contributed by atoms with E-state index >= 15 is 0 Å². The summed E-state index contributed by atoms with van der Waals surface area (Å²) in [5, 5.41) is 2.85. The summed E-state index contributed by atoms with van der Waals surface area (Å²) in [6, 6.07) is 7.20. The second-order valence-electron chi connectivity index (χ2n) is 7.68. The topological polar surface area (TPSA) is 84.7 Å². The third-order valence-electron chi connectivity index (χ3n) is 5.20. The first-order chi connectivity index (χ1) is 11.9. The number of ether oxygens (including phenoxy) is 1. The minimum atomic E-state index is -0.385. The Morgan fingerprint density at radius 2 is 2.12 bits per heavy atom. The van der Waals surface area contributed by atoms with Crippen LogP contribution >= 0.6 is 0 Å². The molecular weight excluding hydrogens is 318 g/mol. The van der Waals surface area contributed by atoms with E-state index in [0.717, 1.165) is 19.3 Å². The first-order valence-corrected chi connectivity index (χ1v) is 8.94. The van der Waals surface area contributed by atoms with E-state index in [1.807, 2.05) is 4.90 Å². The molecule has 2 saturated heterocycles. The number of hydrogen-bond acceptors (Lipinski definition) is 4. The number of carbonyl (C=O) groups excluding carboxylic acids is 2. The minimum absolute atomic E-state index is 0.0202. The summed E-state index contributed by atoms with van der Waals surface area (Å²) in [6.45, 7) is 6.11. The van der Waals surface area contributed by atoms with Crippen molar-refractivity contribution >= 4 is 17.5 Å². The third kappa shape index (κ3) is 4.02. The fourth-order valence-corrected chi connectivity index (χ4v) is 3.47. The zero-order valence-corrected chi connectivity index (χ0v) is 15.0.